The van der Waals surface area contributed by atoms with Crippen LogP contribution in [0.15, 0.2) is 6.07 Å². The zero-order valence-corrected chi connectivity index (χ0v) is 13.6. The molecule has 1 saturated carbocycles. The Morgan fingerprint density at radius 2 is 2.10 bits per heavy atom. The van der Waals surface area contributed by atoms with Gasteiger partial charge in [-0.05, 0) is 46.6 Å². The van der Waals surface area contributed by atoms with Crippen LogP contribution in [0.25, 0.3) is 0 Å². The first-order valence-corrected chi connectivity index (χ1v) is 8.12. The molecule has 2 aromatic rings. The van der Waals surface area contributed by atoms with Crippen LogP contribution < -0.4 is 5.32 Å². The lowest BCUT2D eigenvalue weighted by Crippen LogP contribution is -2.13. The Labute approximate surface area is 128 Å². The lowest BCUT2D eigenvalue weighted by atomic mass is 10.2. The molecule has 0 radical (unpaired) electrons. The number of hydrogen-bond donors (Lipinski definition) is 1. The van der Waals surface area contributed by atoms with Gasteiger partial charge in [0.25, 0.3) is 5.91 Å². The van der Waals surface area contributed by atoms with Gasteiger partial charge in [-0.15, -0.1) is 10.2 Å². The molecule has 6 heteroatoms. The van der Waals surface area contributed by atoms with Crippen molar-refractivity contribution in [2.45, 2.75) is 52.5 Å². The normalized spacial score (nSPS) is 14.7. The number of carbonyl (C=O) groups excluding carboxylic acids is 1. The Kier molecular flexibility index (Phi) is 3.57. The molecular weight excluding hydrogens is 284 g/mol. The lowest BCUT2D eigenvalue weighted by molar-refractivity contribution is 0.102. The maximum atomic E-state index is 12.4. The van der Waals surface area contributed by atoms with Crippen LogP contribution in [0.3, 0.4) is 0 Å². The summed E-state index contributed by atoms with van der Waals surface area (Å²) in [5.74, 6) is 0.465. The van der Waals surface area contributed by atoms with E-state index in [0.29, 0.717) is 22.7 Å². The summed E-state index contributed by atoms with van der Waals surface area (Å²) in [6.07, 6.45) is 2.39. The number of nitrogens with one attached hydrogen (secondary N) is 1. The summed E-state index contributed by atoms with van der Waals surface area (Å²) < 4.78 is 2.17. The molecule has 1 aliphatic carbocycles. The van der Waals surface area contributed by atoms with Crippen molar-refractivity contribution in [2.24, 2.45) is 0 Å². The van der Waals surface area contributed by atoms with Crippen molar-refractivity contribution in [3.63, 3.8) is 0 Å². The summed E-state index contributed by atoms with van der Waals surface area (Å²) in [7, 11) is 0. The minimum absolute atomic E-state index is 0.103. The molecule has 0 unspecified atom stereocenters. The molecule has 5 nitrogen and oxygen atoms in total. The topological polar surface area (TPSA) is 59.8 Å². The number of anilines is 1. The second-order valence-corrected chi connectivity index (χ2v) is 6.93. The number of rotatable bonds is 4. The van der Waals surface area contributed by atoms with E-state index >= 15 is 0 Å². The highest BCUT2D eigenvalue weighted by Crippen LogP contribution is 2.42. The van der Waals surface area contributed by atoms with E-state index in [1.165, 1.54) is 24.2 Å². The SMILES string of the molecule is Cc1cc(C(=O)Nc2nnc(C3CC3)s2)c(C)n1C(C)C. The number of hydrogen-bond acceptors (Lipinski definition) is 4. The first-order valence-electron chi connectivity index (χ1n) is 7.30. The van der Waals surface area contributed by atoms with Crippen LogP contribution in [0.5, 0.6) is 0 Å². The van der Waals surface area contributed by atoms with Crippen molar-refractivity contribution in [2.75, 3.05) is 5.32 Å². The third-order valence-electron chi connectivity index (χ3n) is 3.83. The molecule has 1 aliphatic rings. The largest absolute Gasteiger partial charge is 0.346 e. The van der Waals surface area contributed by atoms with Gasteiger partial charge >= 0.3 is 0 Å². The van der Waals surface area contributed by atoms with E-state index in [-0.39, 0.29) is 5.91 Å². The van der Waals surface area contributed by atoms with Crippen LogP contribution in [0.1, 0.15) is 65.4 Å². The van der Waals surface area contributed by atoms with Crippen LogP contribution in [0.2, 0.25) is 0 Å². The first kappa shape index (κ1) is 14.3. The minimum Gasteiger partial charge on any atom is -0.346 e. The molecule has 1 N–H and O–H groups in total. The zero-order chi connectivity index (χ0) is 15.1. The van der Waals surface area contributed by atoms with E-state index in [1.54, 1.807) is 0 Å². The van der Waals surface area contributed by atoms with Crippen LogP contribution in [0.4, 0.5) is 5.13 Å². The molecule has 21 heavy (non-hydrogen) atoms. The number of aromatic nitrogens is 3. The highest BCUT2D eigenvalue weighted by atomic mass is 32.1. The summed E-state index contributed by atoms with van der Waals surface area (Å²) in [6.45, 7) is 8.25. The van der Waals surface area contributed by atoms with Crippen molar-refractivity contribution in [3.05, 3.63) is 28.0 Å². The molecular formula is C15H20N4OS. The third kappa shape index (κ3) is 2.72. The third-order valence-corrected chi connectivity index (χ3v) is 4.83. The molecule has 0 saturated heterocycles. The predicted molar refractivity (Wildman–Crippen MR) is 84.1 cm³/mol. The van der Waals surface area contributed by atoms with Gasteiger partial charge in [0.1, 0.15) is 5.01 Å². The molecule has 1 amide bonds. The van der Waals surface area contributed by atoms with E-state index in [9.17, 15) is 4.79 Å². The van der Waals surface area contributed by atoms with E-state index in [0.717, 1.165) is 16.4 Å². The van der Waals surface area contributed by atoms with Crippen molar-refractivity contribution in [3.8, 4) is 0 Å². The van der Waals surface area contributed by atoms with E-state index < -0.39 is 0 Å². The smallest absolute Gasteiger partial charge is 0.259 e. The highest BCUT2D eigenvalue weighted by Gasteiger charge is 2.28. The van der Waals surface area contributed by atoms with Gasteiger partial charge in [-0.3, -0.25) is 10.1 Å². The van der Waals surface area contributed by atoms with Gasteiger partial charge in [0.2, 0.25) is 5.13 Å². The van der Waals surface area contributed by atoms with Crippen molar-refractivity contribution in [1.29, 1.82) is 0 Å². The van der Waals surface area contributed by atoms with Crippen molar-refractivity contribution >= 4 is 22.4 Å². The fourth-order valence-corrected chi connectivity index (χ4v) is 3.65. The molecule has 0 spiro atoms. The Hall–Kier alpha value is -1.69. The standard InChI is InChI=1S/C15H20N4OS/c1-8(2)19-9(3)7-12(10(19)4)13(20)16-15-18-17-14(21-15)11-5-6-11/h7-8,11H,5-6H2,1-4H3,(H,16,18,20). The van der Waals surface area contributed by atoms with Gasteiger partial charge in [-0.2, -0.15) is 0 Å². The minimum atomic E-state index is -0.103. The Bertz CT molecular complexity index is 682. The molecule has 0 bridgehead atoms. The van der Waals surface area contributed by atoms with E-state index in [2.05, 4.69) is 33.9 Å². The van der Waals surface area contributed by atoms with Crippen LogP contribution >= 0.6 is 11.3 Å². The molecule has 0 aliphatic heterocycles. The number of carbonyl (C=O) groups is 1. The lowest BCUT2D eigenvalue weighted by Gasteiger charge is -2.13. The molecule has 2 aromatic heterocycles. The quantitative estimate of drug-likeness (QED) is 0.937. The van der Waals surface area contributed by atoms with Gasteiger partial charge in [-0.1, -0.05) is 11.3 Å². The van der Waals surface area contributed by atoms with Gasteiger partial charge in [-0.25, -0.2) is 0 Å². The molecule has 1 fully saturated rings. The van der Waals surface area contributed by atoms with Crippen LogP contribution in [-0.4, -0.2) is 20.7 Å². The maximum Gasteiger partial charge on any atom is 0.259 e. The molecule has 0 aromatic carbocycles. The average molecular weight is 304 g/mol. The Morgan fingerprint density at radius 3 is 2.67 bits per heavy atom. The summed E-state index contributed by atoms with van der Waals surface area (Å²) in [6, 6.07) is 2.28. The zero-order valence-electron chi connectivity index (χ0n) is 12.8. The fourth-order valence-electron chi connectivity index (χ4n) is 2.75. The van der Waals surface area contributed by atoms with Crippen LogP contribution in [0, 0.1) is 13.8 Å². The van der Waals surface area contributed by atoms with Crippen molar-refractivity contribution in [1.82, 2.24) is 14.8 Å². The monoisotopic (exact) mass is 304 g/mol. The Morgan fingerprint density at radius 1 is 1.38 bits per heavy atom. The maximum absolute atomic E-state index is 12.4. The summed E-state index contributed by atoms with van der Waals surface area (Å²) in [5.41, 5.74) is 2.81. The fraction of sp³-hybridized carbons (Fsp3) is 0.533. The molecule has 0 atom stereocenters. The number of nitrogens with zero attached hydrogens (tertiary/aromatic N) is 3. The van der Waals surface area contributed by atoms with E-state index in [1.807, 2.05) is 19.9 Å². The number of aryl methyl sites for hydroxylation is 1. The average Bonchev–Trinajstić information content (AvgIpc) is 3.08. The predicted octanol–water partition coefficient (Wildman–Crippen LogP) is 3.67. The highest BCUT2D eigenvalue weighted by molar-refractivity contribution is 7.15. The van der Waals surface area contributed by atoms with Gasteiger partial charge in [0.15, 0.2) is 0 Å². The van der Waals surface area contributed by atoms with Gasteiger partial charge in [0, 0.05) is 23.3 Å². The summed E-state index contributed by atoms with van der Waals surface area (Å²) >= 11 is 1.49. The number of amides is 1. The second kappa shape index (κ2) is 5.26. The van der Waals surface area contributed by atoms with Gasteiger partial charge in [0.05, 0.1) is 5.56 Å². The van der Waals surface area contributed by atoms with Crippen molar-refractivity contribution < 1.29 is 4.79 Å². The van der Waals surface area contributed by atoms with E-state index in [4.69, 9.17) is 0 Å². The molecule has 112 valence electrons. The van der Waals surface area contributed by atoms with Gasteiger partial charge < -0.3 is 4.57 Å². The molecule has 3 rings (SSSR count). The second-order valence-electron chi connectivity index (χ2n) is 5.92. The summed E-state index contributed by atoms with van der Waals surface area (Å²) in [4.78, 5) is 12.4. The first-order chi connectivity index (χ1) is 9.97. The Balaban J connectivity index is 1.79. The summed E-state index contributed by atoms with van der Waals surface area (Å²) in [5, 5.41) is 12.7. The van der Waals surface area contributed by atoms with Crippen LogP contribution in [-0.2, 0) is 0 Å². The molecule has 2 heterocycles.